The van der Waals surface area contributed by atoms with Crippen molar-refractivity contribution in [3.05, 3.63) is 35.7 Å². The predicted octanol–water partition coefficient (Wildman–Crippen LogP) is 2.66. The van der Waals surface area contributed by atoms with Gasteiger partial charge < -0.3 is 5.32 Å². The number of allylic oxidation sites excluding steroid dienone is 4. The Balaban J connectivity index is 4.54. The third-order valence-corrected chi connectivity index (χ3v) is 1.60. The van der Waals surface area contributed by atoms with Crippen molar-refractivity contribution in [2.45, 2.75) is 20.8 Å². The largest absolute Gasteiger partial charge is 0.387 e. The molecule has 13 heavy (non-hydrogen) atoms. The predicted molar refractivity (Wildman–Crippen MR) is 59.9 cm³/mol. The Bertz CT molecular complexity index is 245. The normalized spacial score (nSPS) is 14.5. The summed E-state index contributed by atoms with van der Waals surface area (Å²) in [4.78, 5) is 4.29. The van der Waals surface area contributed by atoms with Gasteiger partial charge in [-0.2, -0.15) is 0 Å². The van der Waals surface area contributed by atoms with Crippen LogP contribution >= 0.6 is 0 Å². The van der Waals surface area contributed by atoms with Gasteiger partial charge >= 0.3 is 0 Å². The Morgan fingerprint density at radius 1 is 1.15 bits per heavy atom. The summed E-state index contributed by atoms with van der Waals surface area (Å²) in [6.07, 6.45) is 9.63. The summed E-state index contributed by atoms with van der Waals surface area (Å²) in [7, 11) is 1.89. The molecule has 0 bridgehead atoms. The maximum atomic E-state index is 4.29. The van der Waals surface area contributed by atoms with E-state index in [1.165, 1.54) is 0 Å². The summed E-state index contributed by atoms with van der Waals surface area (Å²) in [5.41, 5.74) is 2.01. The van der Waals surface area contributed by atoms with E-state index in [-0.39, 0.29) is 0 Å². The summed E-state index contributed by atoms with van der Waals surface area (Å²) in [6.45, 7) is 5.93. The Morgan fingerprint density at radius 3 is 2.23 bits per heavy atom. The molecule has 0 rings (SSSR count). The molecule has 0 amide bonds. The van der Waals surface area contributed by atoms with Crippen LogP contribution in [0.4, 0.5) is 0 Å². The second-order valence-electron chi connectivity index (χ2n) is 2.43. The fraction of sp³-hybridized carbons (Fsp3) is 0.364. The van der Waals surface area contributed by atoms with Crippen LogP contribution in [0.5, 0.6) is 0 Å². The third-order valence-electron chi connectivity index (χ3n) is 1.60. The van der Waals surface area contributed by atoms with E-state index in [4.69, 9.17) is 0 Å². The molecule has 0 aromatic carbocycles. The van der Waals surface area contributed by atoms with E-state index in [1.54, 1.807) is 6.21 Å². The van der Waals surface area contributed by atoms with E-state index < -0.39 is 0 Å². The van der Waals surface area contributed by atoms with Gasteiger partial charge in [0.25, 0.3) is 0 Å². The van der Waals surface area contributed by atoms with Crippen molar-refractivity contribution < 1.29 is 0 Å². The van der Waals surface area contributed by atoms with Crippen molar-refractivity contribution in [1.82, 2.24) is 5.32 Å². The van der Waals surface area contributed by atoms with Crippen LogP contribution in [0.3, 0.4) is 0 Å². The summed E-state index contributed by atoms with van der Waals surface area (Å²) in [5.74, 6) is 0. The molecule has 1 N–H and O–H groups in total. The van der Waals surface area contributed by atoms with Crippen LogP contribution in [0.25, 0.3) is 0 Å². The standard InChI is InChI=1S/C11H18N2/c1-5-8-9-13-11(7-3)10(6-2)12-4/h5-9,12H,1-4H3/b8-5-,10-6-,11-7?,13-9-. The van der Waals surface area contributed by atoms with Gasteiger partial charge in [-0.15, -0.1) is 0 Å². The van der Waals surface area contributed by atoms with Gasteiger partial charge in [-0.1, -0.05) is 18.2 Å². The number of hydrogen-bond acceptors (Lipinski definition) is 2. The molecule has 2 nitrogen and oxygen atoms in total. The topological polar surface area (TPSA) is 24.4 Å². The molecule has 0 saturated heterocycles. The molecule has 0 unspecified atom stereocenters. The highest BCUT2D eigenvalue weighted by Crippen LogP contribution is 2.06. The van der Waals surface area contributed by atoms with Crippen molar-refractivity contribution in [3.8, 4) is 0 Å². The molecule has 0 heterocycles. The number of rotatable bonds is 4. The SMILES string of the molecule is CC=C(/N=C\C=C/C)/C(=C/C)NC. The minimum Gasteiger partial charge on any atom is -0.387 e. The van der Waals surface area contributed by atoms with Gasteiger partial charge in [-0.3, -0.25) is 4.99 Å². The van der Waals surface area contributed by atoms with E-state index in [9.17, 15) is 0 Å². The fourth-order valence-electron chi connectivity index (χ4n) is 0.929. The molecule has 0 aliphatic carbocycles. The van der Waals surface area contributed by atoms with Crippen LogP contribution in [0.2, 0.25) is 0 Å². The molecule has 2 heteroatoms. The molecule has 0 aromatic rings. The zero-order valence-electron chi connectivity index (χ0n) is 8.83. The number of nitrogens with one attached hydrogen (secondary N) is 1. The number of aliphatic imine (C=N–C) groups is 1. The number of likely N-dealkylation sites (N-methyl/N-ethyl adjacent to an activating group) is 1. The van der Waals surface area contributed by atoms with Gasteiger partial charge in [0.1, 0.15) is 0 Å². The molecule has 0 aliphatic heterocycles. The van der Waals surface area contributed by atoms with Crippen molar-refractivity contribution in [3.63, 3.8) is 0 Å². The first-order valence-corrected chi connectivity index (χ1v) is 4.46. The lowest BCUT2D eigenvalue weighted by molar-refractivity contribution is 0.983. The Morgan fingerprint density at radius 2 is 1.85 bits per heavy atom. The molecular formula is C11H18N2. The van der Waals surface area contributed by atoms with E-state index in [0.717, 1.165) is 11.4 Å². The molecule has 0 saturated carbocycles. The van der Waals surface area contributed by atoms with E-state index in [0.29, 0.717) is 0 Å². The highest BCUT2D eigenvalue weighted by atomic mass is 14.9. The molecule has 0 aromatic heterocycles. The lowest BCUT2D eigenvalue weighted by Gasteiger charge is -2.04. The maximum absolute atomic E-state index is 4.29. The Labute approximate surface area is 80.8 Å². The van der Waals surface area contributed by atoms with Crippen molar-refractivity contribution >= 4 is 6.21 Å². The smallest absolute Gasteiger partial charge is 0.0814 e. The van der Waals surface area contributed by atoms with Crippen LogP contribution in [0, 0.1) is 0 Å². The zero-order chi connectivity index (χ0) is 10.1. The molecule has 72 valence electrons. The quantitative estimate of drug-likeness (QED) is 0.519. The molecule has 0 fully saturated rings. The lowest BCUT2D eigenvalue weighted by atomic mass is 10.3. The first-order valence-electron chi connectivity index (χ1n) is 4.46. The molecular weight excluding hydrogens is 160 g/mol. The highest BCUT2D eigenvalue weighted by molar-refractivity contribution is 5.72. The summed E-state index contributed by atoms with van der Waals surface area (Å²) in [6, 6.07) is 0. The first-order chi connectivity index (χ1) is 6.29. The van der Waals surface area contributed by atoms with Crippen LogP contribution in [-0.2, 0) is 0 Å². The van der Waals surface area contributed by atoms with Crippen molar-refractivity contribution in [2.24, 2.45) is 4.99 Å². The van der Waals surface area contributed by atoms with Gasteiger partial charge in [0.05, 0.1) is 11.4 Å². The summed E-state index contributed by atoms with van der Waals surface area (Å²) < 4.78 is 0. The van der Waals surface area contributed by atoms with Crippen LogP contribution < -0.4 is 5.32 Å². The fourth-order valence-corrected chi connectivity index (χ4v) is 0.929. The minimum absolute atomic E-state index is 0.961. The van der Waals surface area contributed by atoms with Crippen LogP contribution in [0.15, 0.2) is 40.7 Å². The van der Waals surface area contributed by atoms with Crippen LogP contribution in [0.1, 0.15) is 20.8 Å². The third kappa shape index (κ3) is 4.31. The monoisotopic (exact) mass is 178 g/mol. The van der Waals surface area contributed by atoms with Crippen molar-refractivity contribution in [1.29, 1.82) is 0 Å². The van der Waals surface area contributed by atoms with Gasteiger partial charge in [-0.05, 0) is 26.8 Å². The van der Waals surface area contributed by atoms with Gasteiger partial charge in [0.2, 0.25) is 0 Å². The highest BCUT2D eigenvalue weighted by Gasteiger charge is 1.95. The number of nitrogens with zero attached hydrogens (tertiary/aromatic N) is 1. The average Bonchev–Trinajstić information content (AvgIpc) is 2.17. The summed E-state index contributed by atoms with van der Waals surface area (Å²) in [5, 5.41) is 3.08. The Kier molecular flexibility index (Phi) is 6.60. The zero-order valence-corrected chi connectivity index (χ0v) is 8.83. The minimum atomic E-state index is 0.961. The molecule has 0 spiro atoms. The van der Waals surface area contributed by atoms with E-state index in [1.807, 2.05) is 52.1 Å². The number of hydrogen-bond donors (Lipinski definition) is 1. The maximum Gasteiger partial charge on any atom is 0.0814 e. The average molecular weight is 178 g/mol. The second-order valence-corrected chi connectivity index (χ2v) is 2.43. The van der Waals surface area contributed by atoms with Crippen molar-refractivity contribution in [2.75, 3.05) is 7.05 Å². The Hall–Kier alpha value is -1.31. The summed E-state index contributed by atoms with van der Waals surface area (Å²) >= 11 is 0. The van der Waals surface area contributed by atoms with E-state index >= 15 is 0 Å². The second kappa shape index (κ2) is 7.35. The van der Waals surface area contributed by atoms with Gasteiger partial charge in [-0.25, -0.2) is 0 Å². The first kappa shape index (κ1) is 11.7. The molecule has 0 aliphatic rings. The van der Waals surface area contributed by atoms with Crippen LogP contribution in [-0.4, -0.2) is 13.3 Å². The van der Waals surface area contributed by atoms with E-state index in [2.05, 4.69) is 10.3 Å². The van der Waals surface area contributed by atoms with Gasteiger partial charge in [0.15, 0.2) is 0 Å². The molecule has 0 atom stereocenters. The lowest BCUT2D eigenvalue weighted by Crippen LogP contribution is -2.06. The molecule has 0 radical (unpaired) electrons. The van der Waals surface area contributed by atoms with Gasteiger partial charge in [0, 0.05) is 13.3 Å².